The van der Waals surface area contributed by atoms with Crippen molar-refractivity contribution in [3.63, 3.8) is 0 Å². The van der Waals surface area contributed by atoms with Crippen molar-refractivity contribution in [2.24, 2.45) is 0 Å². The molecule has 0 aromatic heterocycles. The molecule has 0 fully saturated rings. The van der Waals surface area contributed by atoms with Gasteiger partial charge in [0.15, 0.2) is 17.3 Å². The van der Waals surface area contributed by atoms with E-state index in [0.29, 0.717) is 11.1 Å². The van der Waals surface area contributed by atoms with E-state index in [2.05, 4.69) is 0 Å². The summed E-state index contributed by atoms with van der Waals surface area (Å²) in [6, 6.07) is 14.4. The van der Waals surface area contributed by atoms with Gasteiger partial charge < -0.3 is 16.3 Å². The number of hydrogen-bond donors (Lipinski definition) is 0. The normalized spacial score (nSPS) is 8.90. The number of nitrogens with one attached hydrogen (secondary N) is 2. The van der Waals surface area contributed by atoms with Crippen LogP contribution < -0.4 is 0 Å². The monoisotopic (exact) mass is 635 g/mol. The first-order chi connectivity index (χ1) is 19.0. The standard InChI is InChI=1S/C27H25NO4.3C2H6.CH4N.Y/c1-14-10-23(16(3)29)24(17(4)30)12-21(14)19-6-8-20(9-7-19)22-13-25(18(5)31)26(27(28)32)11-15(22)2;4*1-2;/h6-13H,1-5H3,(H2,28,32);3*1-2H3;2H,1H3;/q;;;;-1;/p-1. The first-order valence-corrected chi connectivity index (χ1v) is 13.7. The van der Waals surface area contributed by atoms with Crippen LogP contribution in [0.5, 0.6) is 0 Å². The minimum absolute atomic E-state index is 0. The maximum atomic E-state index is 12.1. The van der Waals surface area contributed by atoms with E-state index >= 15 is 0 Å². The van der Waals surface area contributed by atoms with Crippen molar-refractivity contribution in [3.05, 3.63) is 93.4 Å². The number of amides is 1. The van der Waals surface area contributed by atoms with Gasteiger partial charge in [-0.2, -0.15) is 7.05 Å². The van der Waals surface area contributed by atoms with Crippen molar-refractivity contribution in [1.82, 2.24) is 0 Å². The molecular formula is C34H46N2O4Y-2. The van der Waals surface area contributed by atoms with Crippen molar-refractivity contribution >= 4 is 23.3 Å². The zero-order valence-corrected chi connectivity index (χ0v) is 29.7. The predicted molar refractivity (Wildman–Crippen MR) is 170 cm³/mol. The Kier molecular flexibility index (Phi) is 22.8. The summed E-state index contributed by atoms with van der Waals surface area (Å²) >= 11 is 0. The first-order valence-electron chi connectivity index (χ1n) is 13.7. The van der Waals surface area contributed by atoms with E-state index in [1.54, 1.807) is 24.3 Å². The molecule has 3 rings (SSSR count). The number of ketones is 3. The molecule has 0 aliphatic carbocycles. The van der Waals surface area contributed by atoms with E-state index in [1.165, 1.54) is 27.8 Å². The molecule has 221 valence electrons. The molecule has 0 unspecified atom stereocenters. The molecule has 0 bridgehead atoms. The molecule has 0 saturated heterocycles. The Bertz CT molecular complexity index is 1200. The van der Waals surface area contributed by atoms with Crippen LogP contribution in [0.3, 0.4) is 0 Å². The summed E-state index contributed by atoms with van der Waals surface area (Å²) in [5, 5.41) is 0. The third-order valence-electron chi connectivity index (χ3n) is 5.62. The van der Waals surface area contributed by atoms with Crippen molar-refractivity contribution in [3.8, 4) is 22.3 Å². The number of benzene rings is 3. The van der Waals surface area contributed by atoms with Crippen LogP contribution in [0.15, 0.2) is 48.5 Å². The van der Waals surface area contributed by atoms with Crippen molar-refractivity contribution in [1.29, 1.82) is 0 Å². The van der Waals surface area contributed by atoms with Gasteiger partial charge in [0.2, 0.25) is 0 Å². The van der Waals surface area contributed by atoms with E-state index in [4.69, 9.17) is 11.5 Å². The SMILES string of the molecule is CC.CC.CC.CC(=O)c1cc(C)c(-c2ccc(-c3cc(C(C)=O)c(C([NH-])=O)cc3C)cc2)cc1C(C)=O.C[NH-].[Y]. The largest absolute Gasteiger partial charge is 0.680 e. The smallest absolute Gasteiger partial charge is 0.160 e. The fourth-order valence-electron chi connectivity index (χ4n) is 3.93. The zero-order chi connectivity index (χ0) is 31.7. The number of aryl methyl sites for hydroxylation is 2. The van der Waals surface area contributed by atoms with Crippen LogP contribution in [-0.2, 0) is 32.7 Å². The van der Waals surface area contributed by atoms with Crippen molar-refractivity contribution in [2.45, 2.75) is 76.2 Å². The quantitative estimate of drug-likeness (QED) is 0.251. The summed E-state index contributed by atoms with van der Waals surface area (Å²) < 4.78 is 0. The van der Waals surface area contributed by atoms with Gasteiger partial charge in [-0.15, -0.1) is 0 Å². The summed E-state index contributed by atoms with van der Waals surface area (Å²) in [7, 11) is 1.25. The Balaban J connectivity index is -0.00000147. The molecule has 3 aromatic carbocycles. The average molecular weight is 636 g/mol. The topological polar surface area (TPSA) is 116 Å². The zero-order valence-electron chi connectivity index (χ0n) is 26.8. The van der Waals surface area contributed by atoms with Gasteiger partial charge in [0.1, 0.15) is 0 Å². The van der Waals surface area contributed by atoms with Gasteiger partial charge in [-0.25, -0.2) is 0 Å². The third-order valence-corrected chi connectivity index (χ3v) is 5.62. The van der Waals surface area contributed by atoms with Gasteiger partial charge in [-0.05, 0) is 92.3 Å². The van der Waals surface area contributed by atoms with Gasteiger partial charge >= 0.3 is 0 Å². The molecule has 3 aromatic rings. The van der Waals surface area contributed by atoms with Crippen molar-refractivity contribution in [2.75, 3.05) is 7.05 Å². The van der Waals surface area contributed by atoms with Gasteiger partial charge in [-0.1, -0.05) is 65.8 Å². The molecular weight excluding hydrogens is 589 g/mol. The van der Waals surface area contributed by atoms with Crippen LogP contribution in [0.2, 0.25) is 0 Å². The second kappa shape index (κ2) is 21.9. The Hall–Kier alpha value is -2.80. The van der Waals surface area contributed by atoms with Crippen LogP contribution >= 0.6 is 0 Å². The summed E-state index contributed by atoms with van der Waals surface area (Å²) in [4.78, 5) is 47.7. The third kappa shape index (κ3) is 11.5. The molecule has 1 radical (unpaired) electrons. The Morgan fingerprint density at radius 3 is 1.02 bits per heavy atom. The number of rotatable bonds is 6. The molecule has 0 atom stereocenters. The van der Waals surface area contributed by atoms with Crippen LogP contribution in [-0.4, -0.2) is 30.3 Å². The number of hydrogen-bond acceptors (Lipinski definition) is 4. The summed E-state index contributed by atoms with van der Waals surface area (Å²) in [6.45, 7) is 20.0. The maximum Gasteiger partial charge on any atom is 0.160 e. The molecule has 0 heterocycles. The first kappa shape index (κ1) is 42.7. The summed E-state index contributed by atoms with van der Waals surface area (Å²) in [5.41, 5.74) is 19.4. The molecule has 0 spiro atoms. The predicted octanol–water partition coefficient (Wildman–Crippen LogP) is 10.2. The fourth-order valence-corrected chi connectivity index (χ4v) is 3.93. The molecule has 2 N–H and O–H groups in total. The van der Waals surface area contributed by atoms with Crippen LogP contribution in [0, 0.1) is 13.8 Å². The average Bonchev–Trinajstić information content (AvgIpc) is 2.96. The van der Waals surface area contributed by atoms with Gasteiger partial charge in [0.05, 0.1) is 5.91 Å². The van der Waals surface area contributed by atoms with Gasteiger partial charge in [0, 0.05) is 55.0 Å². The van der Waals surface area contributed by atoms with E-state index in [-0.39, 0.29) is 61.2 Å². The molecule has 1 amide bonds. The van der Waals surface area contributed by atoms with E-state index < -0.39 is 5.91 Å². The second-order valence-corrected chi connectivity index (χ2v) is 8.00. The minimum Gasteiger partial charge on any atom is -0.680 e. The summed E-state index contributed by atoms with van der Waals surface area (Å²) in [6.07, 6.45) is 0. The van der Waals surface area contributed by atoms with Crippen LogP contribution in [0.25, 0.3) is 33.7 Å². The molecule has 41 heavy (non-hydrogen) atoms. The molecule has 0 saturated carbocycles. The molecule has 6 nitrogen and oxygen atoms in total. The Morgan fingerprint density at radius 2 is 0.756 bits per heavy atom. The number of Topliss-reactive ketones (excluding diaryl/α,β-unsaturated/α-hetero) is 3. The fraction of sp³-hybridized carbons (Fsp3) is 0.353. The molecule has 0 aliphatic rings. The number of carbonyl (C=O) groups is 4. The van der Waals surface area contributed by atoms with Crippen molar-refractivity contribution < 1.29 is 51.9 Å². The minimum atomic E-state index is -0.883. The Labute approximate surface area is 272 Å². The van der Waals surface area contributed by atoms with E-state index in [0.717, 1.165) is 33.4 Å². The van der Waals surface area contributed by atoms with E-state index in [1.807, 2.05) is 79.7 Å². The molecule has 0 aliphatic heterocycles. The van der Waals surface area contributed by atoms with Crippen LogP contribution in [0.1, 0.15) is 115 Å². The van der Waals surface area contributed by atoms with Crippen LogP contribution in [0.4, 0.5) is 0 Å². The van der Waals surface area contributed by atoms with Gasteiger partial charge in [-0.3, -0.25) is 14.4 Å². The molecule has 7 heteroatoms. The number of carbonyl (C=O) groups excluding carboxylic acids is 4. The summed E-state index contributed by atoms with van der Waals surface area (Å²) in [5.74, 6) is -1.46. The second-order valence-electron chi connectivity index (χ2n) is 8.00. The Morgan fingerprint density at radius 1 is 0.512 bits per heavy atom. The maximum absolute atomic E-state index is 12.1. The van der Waals surface area contributed by atoms with E-state index in [9.17, 15) is 19.2 Å². The van der Waals surface area contributed by atoms with Gasteiger partial charge in [0.25, 0.3) is 0 Å².